The summed E-state index contributed by atoms with van der Waals surface area (Å²) in [6, 6.07) is 5.34. The molecule has 4 N–H and O–H groups in total. The van der Waals surface area contributed by atoms with Crippen molar-refractivity contribution in [2.75, 3.05) is 13.7 Å². The number of methoxy groups -OCH3 is 1. The molecular weight excluding hydrogens is 220 g/mol. The van der Waals surface area contributed by atoms with Crippen molar-refractivity contribution in [3.63, 3.8) is 0 Å². The molecule has 94 valence electrons. The molecule has 0 atom stereocenters. The predicted octanol–water partition coefficient (Wildman–Crippen LogP) is 0.756. The van der Waals surface area contributed by atoms with E-state index in [1.54, 1.807) is 6.07 Å². The van der Waals surface area contributed by atoms with Crippen LogP contribution in [0.4, 0.5) is 0 Å². The van der Waals surface area contributed by atoms with Crippen molar-refractivity contribution >= 4 is 5.91 Å². The number of nitrogens with two attached hydrogens (primary N) is 1. The first kappa shape index (κ1) is 13.3. The van der Waals surface area contributed by atoms with Crippen LogP contribution in [-0.4, -0.2) is 24.7 Å². The Balaban J connectivity index is 2.39. The fraction of sp³-hybridized carbons (Fsp3) is 0.417. The van der Waals surface area contributed by atoms with Crippen LogP contribution in [0.1, 0.15) is 18.4 Å². The van der Waals surface area contributed by atoms with Gasteiger partial charge in [0.15, 0.2) is 11.5 Å². The number of para-hydroxylation sites is 1. The standard InChI is InChI=1S/C12H18N2O3/c1-17-10-5-2-4-9(12(10)16)8-14-7-3-6-11(13)15/h2,4-5,14,16H,3,6-8H2,1H3,(H2,13,15). The first-order valence-electron chi connectivity index (χ1n) is 5.49. The van der Waals surface area contributed by atoms with Gasteiger partial charge in [-0.15, -0.1) is 0 Å². The van der Waals surface area contributed by atoms with E-state index in [4.69, 9.17) is 10.5 Å². The molecule has 0 fully saturated rings. The molecule has 5 nitrogen and oxygen atoms in total. The second-order valence-electron chi connectivity index (χ2n) is 3.71. The van der Waals surface area contributed by atoms with Crippen molar-refractivity contribution in [1.29, 1.82) is 0 Å². The average molecular weight is 238 g/mol. The third-order valence-corrected chi connectivity index (χ3v) is 2.39. The van der Waals surface area contributed by atoms with E-state index in [1.807, 2.05) is 12.1 Å². The van der Waals surface area contributed by atoms with Crippen LogP contribution in [0.3, 0.4) is 0 Å². The summed E-state index contributed by atoms with van der Waals surface area (Å²) in [5.74, 6) is 0.315. The fourth-order valence-corrected chi connectivity index (χ4v) is 1.49. The Labute approximate surface area is 101 Å². The Morgan fingerprint density at radius 1 is 1.53 bits per heavy atom. The zero-order valence-corrected chi connectivity index (χ0v) is 9.90. The third-order valence-electron chi connectivity index (χ3n) is 2.39. The Kier molecular flexibility index (Phi) is 5.29. The number of hydrogen-bond acceptors (Lipinski definition) is 4. The van der Waals surface area contributed by atoms with Gasteiger partial charge in [-0.05, 0) is 19.0 Å². The lowest BCUT2D eigenvalue weighted by molar-refractivity contribution is -0.118. The first-order chi connectivity index (χ1) is 8.15. The highest BCUT2D eigenvalue weighted by Gasteiger charge is 2.06. The summed E-state index contributed by atoms with van der Waals surface area (Å²) in [5, 5.41) is 12.9. The second kappa shape index (κ2) is 6.75. The average Bonchev–Trinajstić information content (AvgIpc) is 2.30. The van der Waals surface area contributed by atoms with E-state index in [9.17, 15) is 9.90 Å². The molecule has 1 amide bonds. The summed E-state index contributed by atoms with van der Waals surface area (Å²) < 4.78 is 5.01. The zero-order valence-electron chi connectivity index (χ0n) is 9.90. The topological polar surface area (TPSA) is 84.6 Å². The number of hydrogen-bond donors (Lipinski definition) is 3. The lowest BCUT2D eigenvalue weighted by atomic mass is 10.2. The monoisotopic (exact) mass is 238 g/mol. The zero-order chi connectivity index (χ0) is 12.7. The Hall–Kier alpha value is -1.75. The molecule has 17 heavy (non-hydrogen) atoms. The lowest BCUT2D eigenvalue weighted by Gasteiger charge is -2.09. The van der Waals surface area contributed by atoms with E-state index in [1.165, 1.54) is 7.11 Å². The molecule has 0 aromatic heterocycles. The van der Waals surface area contributed by atoms with E-state index in [0.29, 0.717) is 31.7 Å². The van der Waals surface area contributed by atoms with Gasteiger partial charge in [0.2, 0.25) is 5.91 Å². The molecule has 1 aromatic carbocycles. The molecule has 0 aliphatic rings. The number of nitrogens with one attached hydrogen (secondary N) is 1. The van der Waals surface area contributed by atoms with Gasteiger partial charge in [-0.25, -0.2) is 0 Å². The number of ether oxygens (including phenoxy) is 1. The minimum absolute atomic E-state index is 0.150. The fourth-order valence-electron chi connectivity index (χ4n) is 1.49. The van der Waals surface area contributed by atoms with Gasteiger partial charge < -0.3 is 20.9 Å². The van der Waals surface area contributed by atoms with Crippen LogP contribution < -0.4 is 15.8 Å². The van der Waals surface area contributed by atoms with Gasteiger partial charge in [-0.2, -0.15) is 0 Å². The number of phenols is 1. The molecule has 0 aliphatic carbocycles. The Morgan fingerprint density at radius 2 is 2.29 bits per heavy atom. The van der Waals surface area contributed by atoms with Gasteiger partial charge in [-0.1, -0.05) is 12.1 Å². The summed E-state index contributed by atoms with van der Waals surface area (Å²) in [6.45, 7) is 1.21. The number of benzene rings is 1. The van der Waals surface area contributed by atoms with Crippen LogP contribution in [0.15, 0.2) is 18.2 Å². The quantitative estimate of drug-likeness (QED) is 0.612. The van der Waals surface area contributed by atoms with E-state index < -0.39 is 0 Å². The number of primary amides is 1. The minimum Gasteiger partial charge on any atom is -0.504 e. The molecule has 0 heterocycles. The van der Waals surface area contributed by atoms with E-state index in [2.05, 4.69) is 5.32 Å². The van der Waals surface area contributed by atoms with Crippen LogP contribution in [0.25, 0.3) is 0 Å². The highest BCUT2D eigenvalue weighted by molar-refractivity contribution is 5.73. The molecule has 0 saturated heterocycles. The van der Waals surface area contributed by atoms with Gasteiger partial charge in [0.25, 0.3) is 0 Å². The Morgan fingerprint density at radius 3 is 2.94 bits per heavy atom. The largest absolute Gasteiger partial charge is 0.504 e. The van der Waals surface area contributed by atoms with Crippen molar-refractivity contribution in [3.8, 4) is 11.5 Å². The summed E-state index contributed by atoms with van der Waals surface area (Å²) in [7, 11) is 1.51. The van der Waals surface area contributed by atoms with E-state index in [0.717, 1.165) is 5.56 Å². The van der Waals surface area contributed by atoms with Gasteiger partial charge >= 0.3 is 0 Å². The number of rotatable bonds is 7. The van der Waals surface area contributed by atoms with Crippen molar-refractivity contribution in [3.05, 3.63) is 23.8 Å². The second-order valence-corrected chi connectivity index (χ2v) is 3.71. The summed E-state index contributed by atoms with van der Waals surface area (Å²) in [5.41, 5.74) is 5.79. The SMILES string of the molecule is COc1cccc(CNCCCC(N)=O)c1O. The van der Waals surface area contributed by atoms with Crippen LogP contribution in [-0.2, 0) is 11.3 Å². The van der Waals surface area contributed by atoms with Crippen molar-refractivity contribution < 1.29 is 14.6 Å². The van der Waals surface area contributed by atoms with E-state index >= 15 is 0 Å². The molecule has 5 heteroatoms. The van der Waals surface area contributed by atoms with Gasteiger partial charge in [0, 0.05) is 18.5 Å². The molecule has 0 unspecified atom stereocenters. The first-order valence-corrected chi connectivity index (χ1v) is 5.49. The van der Waals surface area contributed by atoms with E-state index in [-0.39, 0.29) is 11.7 Å². The predicted molar refractivity (Wildman–Crippen MR) is 64.8 cm³/mol. The van der Waals surface area contributed by atoms with Crippen LogP contribution in [0, 0.1) is 0 Å². The maximum absolute atomic E-state index is 10.5. The highest BCUT2D eigenvalue weighted by atomic mass is 16.5. The summed E-state index contributed by atoms with van der Waals surface area (Å²) >= 11 is 0. The van der Waals surface area contributed by atoms with Crippen LogP contribution in [0.5, 0.6) is 11.5 Å². The molecular formula is C12H18N2O3. The van der Waals surface area contributed by atoms with Crippen molar-refractivity contribution in [1.82, 2.24) is 5.32 Å². The number of phenolic OH excluding ortho intramolecular Hbond substituents is 1. The molecule has 1 rings (SSSR count). The maximum Gasteiger partial charge on any atom is 0.217 e. The number of amides is 1. The summed E-state index contributed by atoms with van der Waals surface area (Å²) in [4.78, 5) is 10.5. The lowest BCUT2D eigenvalue weighted by Crippen LogP contribution is -2.18. The normalized spacial score (nSPS) is 10.2. The highest BCUT2D eigenvalue weighted by Crippen LogP contribution is 2.28. The summed E-state index contributed by atoms with van der Waals surface area (Å²) in [6.07, 6.45) is 1.07. The van der Waals surface area contributed by atoms with Gasteiger partial charge in [0.05, 0.1) is 7.11 Å². The smallest absolute Gasteiger partial charge is 0.217 e. The molecule has 1 aromatic rings. The van der Waals surface area contributed by atoms with Crippen molar-refractivity contribution in [2.45, 2.75) is 19.4 Å². The number of carbonyl (C=O) groups excluding carboxylic acids is 1. The number of aromatic hydroxyl groups is 1. The molecule has 0 spiro atoms. The molecule has 0 aliphatic heterocycles. The minimum atomic E-state index is -0.295. The molecule has 0 saturated carbocycles. The van der Waals surface area contributed by atoms with Gasteiger partial charge in [0.1, 0.15) is 0 Å². The third kappa shape index (κ3) is 4.32. The number of carbonyl (C=O) groups is 1. The van der Waals surface area contributed by atoms with Crippen molar-refractivity contribution in [2.24, 2.45) is 5.73 Å². The molecule has 0 radical (unpaired) electrons. The molecule has 0 bridgehead atoms. The van der Waals surface area contributed by atoms with Crippen LogP contribution in [0.2, 0.25) is 0 Å². The maximum atomic E-state index is 10.5. The Bertz CT molecular complexity index is 380. The van der Waals surface area contributed by atoms with Crippen LogP contribution >= 0.6 is 0 Å². The van der Waals surface area contributed by atoms with Gasteiger partial charge in [-0.3, -0.25) is 4.79 Å².